The van der Waals surface area contributed by atoms with Crippen LogP contribution in [-0.2, 0) is 27.5 Å². The smallest absolute Gasteiger partial charge is 0.321 e. The Morgan fingerprint density at radius 2 is 1.38 bits per heavy atom. The fraction of sp³-hybridized carbons (Fsp3) is 0.333. The lowest BCUT2D eigenvalue weighted by molar-refractivity contribution is 0.383. The molecule has 0 bridgehead atoms. The molecule has 3 N–H and O–H groups in total. The van der Waals surface area contributed by atoms with Crippen LogP contribution in [0, 0.1) is 0 Å². The van der Waals surface area contributed by atoms with E-state index in [0.29, 0.717) is 6.42 Å². The van der Waals surface area contributed by atoms with Gasteiger partial charge in [-0.1, -0.05) is 74.4 Å². The van der Waals surface area contributed by atoms with Gasteiger partial charge in [0.15, 0.2) is 4.65 Å². The molecule has 2 aromatic carbocycles. The average molecular weight is 438 g/mol. The zero-order valence-corrected chi connectivity index (χ0v) is 18.1. The summed E-state index contributed by atoms with van der Waals surface area (Å²) in [6.07, 6.45) is 6.05. The van der Waals surface area contributed by atoms with Crippen molar-refractivity contribution in [2.75, 3.05) is 0 Å². The fourth-order valence-electron chi connectivity index (χ4n) is 3.04. The molecule has 0 saturated carbocycles. The Hall–Kier alpha value is -1.76. The van der Waals surface area contributed by atoms with Gasteiger partial charge in [-0.05, 0) is 47.9 Å². The van der Waals surface area contributed by atoms with Crippen LogP contribution in [0.5, 0.6) is 0 Å². The van der Waals surface area contributed by atoms with Gasteiger partial charge in [0.1, 0.15) is 0 Å². The molecular formula is C21H27O6PS. The number of allylic oxidation sites excluding steroid dienone is 1. The van der Waals surface area contributed by atoms with Gasteiger partial charge in [0.25, 0.3) is 0 Å². The standard InChI is InChI=1S/C21H27O6PS/c1-2-3-4-6-17-9-13-19(14-10-17)20-15-11-18(12-16-20)7-5-8-21(28(22,23)24)29(25,26)27/h8-16H,2-7H2,1H3,(H2,22,23,24)(H,25,26,27). The van der Waals surface area contributed by atoms with Crippen LogP contribution in [0.3, 0.4) is 0 Å². The molecule has 0 atom stereocenters. The van der Waals surface area contributed by atoms with Gasteiger partial charge in [-0.3, -0.25) is 9.12 Å². The van der Waals surface area contributed by atoms with Crippen LogP contribution in [0.2, 0.25) is 0 Å². The largest absolute Gasteiger partial charge is 0.369 e. The van der Waals surface area contributed by atoms with E-state index in [2.05, 4.69) is 31.2 Å². The first-order chi connectivity index (χ1) is 13.6. The van der Waals surface area contributed by atoms with Crippen LogP contribution >= 0.6 is 7.60 Å². The van der Waals surface area contributed by atoms with E-state index in [1.54, 1.807) is 0 Å². The van der Waals surface area contributed by atoms with E-state index in [9.17, 15) is 13.0 Å². The lowest BCUT2D eigenvalue weighted by Gasteiger charge is -2.07. The normalized spacial score (nSPS) is 12.9. The molecule has 0 aliphatic rings. The minimum atomic E-state index is -5.06. The molecule has 0 fully saturated rings. The number of benzene rings is 2. The van der Waals surface area contributed by atoms with Crippen molar-refractivity contribution in [3.8, 4) is 11.1 Å². The van der Waals surface area contributed by atoms with Crippen molar-refractivity contribution in [2.24, 2.45) is 0 Å². The molecule has 0 unspecified atom stereocenters. The SMILES string of the molecule is CCCCCc1ccc(-c2ccc(CCC=C(P(=O)(O)O)S(=O)(=O)O)cc2)cc1. The summed E-state index contributed by atoms with van der Waals surface area (Å²) in [5.74, 6) is 0. The highest BCUT2D eigenvalue weighted by molar-refractivity contribution is 7.98. The zero-order valence-electron chi connectivity index (χ0n) is 16.4. The minimum absolute atomic E-state index is 0.0754. The molecule has 8 heteroatoms. The van der Waals surface area contributed by atoms with E-state index in [4.69, 9.17) is 14.3 Å². The first kappa shape index (κ1) is 23.5. The van der Waals surface area contributed by atoms with Crippen LogP contribution in [-0.4, -0.2) is 22.8 Å². The van der Waals surface area contributed by atoms with E-state index in [-0.39, 0.29) is 6.42 Å². The Balaban J connectivity index is 2.01. The molecule has 0 aliphatic carbocycles. The minimum Gasteiger partial charge on any atom is -0.321 e. The third kappa shape index (κ3) is 7.53. The lowest BCUT2D eigenvalue weighted by atomic mass is 9.99. The highest BCUT2D eigenvalue weighted by Crippen LogP contribution is 2.47. The third-order valence-corrected chi connectivity index (χ3v) is 7.47. The quantitative estimate of drug-likeness (QED) is 0.276. The molecule has 6 nitrogen and oxygen atoms in total. The summed E-state index contributed by atoms with van der Waals surface area (Å²) in [5.41, 5.74) is 4.37. The van der Waals surface area contributed by atoms with Gasteiger partial charge in [0.05, 0.1) is 0 Å². The highest BCUT2D eigenvalue weighted by Gasteiger charge is 2.31. The third-order valence-electron chi connectivity index (χ3n) is 4.61. The summed E-state index contributed by atoms with van der Waals surface area (Å²) in [4.78, 5) is 18.1. The predicted molar refractivity (Wildman–Crippen MR) is 115 cm³/mol. The van der Waals surface area contributed by atoms with Crippen molar-refractivity contribution in [1.29, 1.82) is 0 Å². The summed E-state index contributed by atoms with van der Waals surface area (Å²) in [6.45, 7) is 2.19. The molecular weight excluding hydrogens is 411 g/mol. The fourth-order valence-corrected chi connectivity index (χ4v) is 4.94. The highest BCUT2D eigenvalue weighted by atomic mass is 32.2. The van der Waals surface area contributed by atoms with Gasteiger partial charge in [-0.2, -0.15) is 8.42 Å². The Bertz CT molecular complexity index is 973. The topological polar surface area (TPSA) is 112 Å². The second-order valence-electron chi connectivity index (χ2n) is 6.95. The number of hydrogen-bond donors (Lipinski definition) is 3. The molecule has 0 heterocycles. The second-order valence-corrected chi connectivity index (χ2v) is 10.2. The van der Waals surface area contributed by atoms with Crippen molar-refractivity contribution in [1.82, 2.24) is 0 Å². The summed E-state index contributed by atoms with van der Waals surface area (Å²) in [7, 11) is -9.99. The summed E-state index contributed by atoms with van der Waals surface area (Å²) in [6, 6.07) is 16.2. The molecule has 0 radical (unpaired) electrons. The maximum Gasteiger partial charge on any atom is 0.369 e. The number of rotatable bonds is 10. The number of unbranched alkanes of at least 4 members (excludes halogenated alkanes) is 2. The Labute approximate surface area is 172 Å². The molecule has 0 saturated heterocycles. The van der Waals surface area contributed by atoms with Gasteiger partial charge in [0.2, 0.25) is 0 Å². The summed E-state index contributed by atoms with van der Waals surface area (Å²) in [5, 5.41) is 0. The van der Waals surface area contributed by atoms with E-state index < -0.39 is 22.4 Å². The van der Waals surface area contributed by atoms with Crippen molar-refractivity contribution < 1.29 is 27.3 Å². The average Bonchev–Trinajstić information content (AvgIpc) is 2.64. The van der Waals surface area contributed by atoms with Crippen molar-refractivity contribution in [2.45, 2.75) is 45.4 Å². The van der Waals surface area contributed by atoms with Crippen LogP contribution in [0.1, 0.15) is 43.7 Å². The monoisotopic (exact) mass is 438 g/mol. The predicted octanol–water partition coefficient (Wildman–Crippen LogP) is 4.93. The first-order valence-corrected chi connectivity index (χ1v) is 12.6. The number of hydrogen-bond acceptors (Lipinski definition) is 3. The molecule has 29 heavy (non-hydrogen) atoms. The van der Waals surface area contributed by atoms with Gasteiger partial charge in [0, 0.05) is 0 Å². The van der Waals surface area contributed by atoms with Crippen LogP contribution in [0.15, 0.2) is 59.3 Å². The molecule has 2 rings (SSSR count). The van der Waals surface area contributed by atoms with Crippen LogP contribution in [0.25, 0.3) is 11.1 Å². The molecule has 0 spiro atoms. The Morgan fingerprint density at radius 1 is 0.897 bits per heavy atom. The molecule has 2 aromatic rings. The van der Waals surface area contributed by atoms with Crippen molar-refractivity contribution >= 4 is 17.7 Å². The van der Waals surface area contributed by atoms with Gasteiger partial charge in [-0.15, -0.1) is 0 Å². The van der Waals surface area contributed by atoms with Gasteiger partial charge >= 0.3 is 17.7 Å². The Kier molecular flexibility index (Phi) is 8.37. The van der Waals surface area contributed by atoms with Crippen LogP contribution in [0.4, 0.5) is 0 Å². The van der Waals surface area contributed by atoms with Gasteiger partial charge < -0.3 is 9.79 Å². The molecule has 0 aliphatic heterocycles. The Morgan fingerprint density at radius 3 is 1.79 bits per heavy atom. The van der Waals surface area contributed by atoms with E-state index >= 15 is 0 Å². The van der Waals surface area contributed by atoms with E-state index in [1.165, 1.54) is 24.8 Å². The van der Waals surface area contributed by atoms with Crippen LogP contribution < -0.4 is 0 Å². The molecule has 0 aromatic heterocycles. The maximum atomic E-state index is 11.2. The summed E-state index contributed by atoms with van der Waals surface area (Å²) < 4.78 is 41.2. The maximum absolute atomic E-state index is 11.2. The van der Waals surface area contributed by atoms with E-state index in [1.807, 2.05) is 24.3 Å². The van der Waals surface area contributed by atoms with Crippen molar-refractivity contribution in [3.05, 3.63) is 70.4 Å². The number of aryl methyl sites for hydroxylation is 2. The zero-order chi connectivity index (χ0) is 21.5. The van der Waals surface area contributed by atoms with E-state index in [0.717, 1.165) is 29.2 Å². The first-order valence-electron chi connectivity index (χ1n) is 9.53. The summed E-state index contributed by atoms with van der Waals surface area (Å²) >= 11 is 0. The second kappa shape index (κ2) is 10.3. The lowest BCUT2D eigenvalue weighted by Crippen LogP contribution is -2.03. The molecule has 0 amide bonds. The van der Waals surface area contributed by atoms with Gasteiger partial charge in [-0.25, -0.2) is 0 Å². The molecule has 158 valence electrons. The van der Waals surface area contributed by atoms with Crippen molar-refractivity contribution in [3.63, 3.8) is 0 Å².